The Morgan fingerprint density at radius 1 is 1.27 bits per heavy atom. The average molecular weight is 359 g/mol. The maximum atomic E-state index is 13.9. The van der Waals surface area contributed by atoms with Crippen molar-refractivity contribution in [1.29, 1.82) is 0 Å². The maximum Gasteiger partial charge on any atom is 0.272 e. The van der Waals surface area contributed by atoms with E-state index in [9.17, 15) is 9.18 Å². The van der Waals surface area contributed by atoms with E-state index >= 15 is 0 Å². The lowest BCUT2D eigenvalue weighted by Crippen LogP contribution is -2.43. The standard InChI is InChI=1S/C18H22FN5O2/c1-2-26-16-5-3-13(11-14(16)19)21-17-6-4-15(23-24-17)18(25)22-12-7-9-20-10-8-12/h3-6,11-12,20H,2,7-10H2,1H3,(H,21,24)(H,22,25). The molecule has 2 heterocycles. The molecule has 26 heavy (non-hydrogen) atoms. The van der Waals surface area contributed by atoms with E-state index in [1.54, 1.807) is 31.2 Å². The third kappa shape index (κ3) is 4.66. The molecule has 0 saturated carbocycles. The van der Waals surface area contributed by atoms with Crippen LogP contribution >= 0.6 is 0 Å². The van der Waals surface area contributed by atoms with Crippen LogP contribution in [0.1, 0.15) is 30.3 Å². The monoisotopic (exact) mass is 359 g/mol. The zero-order valence-corrected chi connectivity index (χ0v) is 14.6. The lowest BCUT2D eigenvalue weighted by molar-refractivity contribution is 0.0923. The molecule has 0 radical (unpaired) electrons. The molecular formula is C18H22FN5O2. The summed E-state index contributed by atoms with van der Waals surface area (Å²) in [7, 11) is 0. The highest BCUT2D eigenvalue weighted by atomic mass is 19.1. The van der Waals surface area contributed by atoms with Gasteiger partial charge in [-0.05, 0) is 57.1 Å². The molecule has 1 aromatic heterocycles. The van der Waals surface area contributed by atoms with Crippen LogP contribution < -0.4 is 20.7 Å². The quantitative estimate of drug-likeness (QED) is 0.733. The van der Waals surface area contributed by atoms with Gasteiger partial charge in [-0.3, -0.25) is 4.79 Å². The number of ether oxygens (including phenoxy) is 1. The molecule has 8 heteroatoms. The van der Waals surface area contributed by atoms with Crippen LogP contribution in [0.3, 0.4) is 0 Å². The van der Waals surface area contributed by atoms with Gasteiger partial charge in [0.1, 0.15) is 0 Å². The SMILES string of the molecule is CCOc1ccc(Nc2ccc(C(=O)NC3CCNCC3)nn2)cc1F. The van der Waals surface area contributed by atoms with E-state index in [1.165, 1.54) is 6.07 Å². The van der Waals surface area contributed by atoms with Crippen LogP contribution in [0.25, 0.3) is 0 Å². The minimum Gasteiger partial charge on any atom is -0.491 e. The van der Waals surface area contributed by atoms with Crippen LogP contribution in [0.15, 0.2) is 30.3 Å². The summed E-state index contributed by atoms with van der Waals surface area (Å²) in [5, 5.41) is 17.1. The van der Waals surface area contributed by atoms with Crippen molar-refractivity contribution in [2.75, 3.05) is 25.0 Å². The van der Waals surface area contributed by atoms with Gasteiger partial charge in [0.05, 0.1) is 6.61 Å². The summed E-state index contributed by atoms with van der Waals surface area (Å²) in [5.41, 5.74) is 0.777. The van der Waals surface area contributed by atoms with Crippen molar-refractivity contribution in [3.63, 3.8) is 0 Å². The van der Waals surface area contributed by atoms with Gasteiger partial charge < -0.3 is 20.7 Å². The van der Waals surface area contributed by atoms with Crippen LogP contribution in [0.4, 0.5) is 15.9 Å². The van der Waals surface area contributed by atoms with Crippen LogP contribution in [0.5, 0.6) is 5.75 Å². The fourth-order valence-corrected chi connectivity index (χ4v) is 2.74. The van der Waals surface area contributed by atoms with Gasteiger partial charge in [-0.25, -0.2) is 4.39 Å². The summed E-state index contributed by atoms with van der Waals surface area (Å²) in [6.45, 7) is 4.00. The van der Waals surface area contributed by atoms with Crippen LogP contribution in [0.2, 0.25) is 0 Å². The number of rotatable bonds is 6. The molecule has 0 bridgehead atoms. The first-order chi connectivity index (χ1) is 12.7. The number of aromatic nitrogens is 2. The number of carbonyl (C=O) groups excluding carboxylic acids is 1. The van der Waals surface area contributed by atoms with Gasteiger partial charge in [0.15, 0.2) is 23.1 Å². The predicted octanol–water partition coefficient (Wildman–Crippen LogP) is 2.24. The zero-order valence-electron chi connectivity index (χ0n) is 14.6. The molecule has 1 saturated heterocycles. The van der Waals surface area contributed by atoms with Gasteiger partial charge in [-0.15, -0.1) is 10.2 Å². The number of piperidine rings is 1. The Labute approximate surface area is 151 Å². The highest BCUT2D eigenvalue weighted by Crippen LogP contribution is 2.23. The summed E-state index contributed by atoms with van der Waals surface area (Å²) in [5.74, 6) is -0.0631. The lowest BCUT2D eigenvalue weighted by Gasteiger charge is -2.23. The van der Waals surface area contributed by atoms with Crippen molar-refractivity contribution in [1.82, 2.24) is 20.8 Å². The highest BCUT2D eigenvalue weighted by molar-refractivity contribution is 5.92. The molecule has 7 nitrogen and oxygen atoms in total. The Hall–Kier alpha value is -2.74. The van der Waals surface area contributed by atoms with E-state index in [-0.39, 0.29) is 23.4 Å². The van der Waals surface area contributed by atoms with Crippen molar-refractivity contribution in [3.8, 4) is 5.75 Å². The number of carbonyl (C=O) groups is 1. The lowest BCUT2D eigenvalue weighted by atomic mass is 10.1. The first kappa shape index (κ1) is 18.1. The van der Waals surface area contributed by atoms with Crippen molar-refractivity contribution in [2.24, 2.45) is 0 Å². The Balaban J connectivity index is 1.60. The number of anilines is 2. The fraction of sp³-hybridized carbons (Fsp3) is 0.389. The number of halogens is 1. The van der Waals surface area contributed by atoms with Gasteiger partial charge in [-0.1, -0.05) is 0 Å². The van der Waals surface area contributed by atoms with E-state index in [0.717, 1.165) is 25.9 Å². The molecule has 1 aromatic carbocycles. The number of hydrogen-bond acceptors (Lipinski definition) is 6. The molecule has 0 aliphatic carbocycles. The first-order valence-corrected chi connectivity index (χ1v) is 8.70. The van der Waals surface area contributed by atoms with Gasteiger partial charge in [0, 0.05) is 17.8 Å². The van der Waals surface area contributed by atoms with E-state index in [0.29, 0.717) is 18.1 Å². The van der Waals surface area contributed by atoms with E-state index in [4.69, 9.17) is 4.74 Å². The van der Waals surface area contributed by atoms with Crippen LogP contribution in [-0.2, 0) is 0 Å². The summed E-state index contributed by atoms with van der Waals surface area (Å²) in [4.78, 5) is 12.2. The topological polar surface area (TPSA) is 88.2 Å². The summed E-state index contributed by atoms with van der Waals surface area (Å²) in [6, 6.07) is 7.96. The molecule has 1 aliphatic heterocycles. The Morgan fingerprint density at radius 3 is 2.73 bits per heavy atom. The Kier molecular flexibility index (Phi) is 5.96. The van der Waals surface area contributed by atoms with Crippen molar-refractivity contribution in [2.45, 2.75) is 25.8 Å². The molecule has 3 N–H and O–H groups in total. The number of benzene rings is 1. The van der Waals surface area contributed by atoms with Crippen molar-refractivity contribution >= 4 is 17.4 Å². The summed E-state index contributed by atoms with van der Waals surface area (Å²) < 4.78 is 19.0. The number of amides is 1. The first-order valence-electron chi connectivity index (χ1n) is 8.70. The van der Waals surface area contributed by atoms with Crippen molar-refractivity contribution in [3.05, 3.63) is 41.8 Å². The Bertz CT molecular complexity index is 748. The third-order valence-electron chi connectivity index (χ3n) is 4.08. The van der Waals surface area contributed by atoms with Crippen LogP contribution in [0, 0.1) is 5.82 Å². The number of hydrogen-bond donors (Lipinski definition) is 3. The second-order valence-corrected chi connectivity index (χ2v) is 6.00. The molecule has 1 amide bonds. The largest absolute Gasteiger partial charge is 0.491 e. The molecule has 1 fully saturated rings. The Morgan fingerprint density at radius 2 is 2.08 bits per heavy atom. The zero-order chi connectivity index (χ0) is 18.4. The van der Waals surface area contributed by atoms with Gasteiger partial charge in [0.25, 0.3) is 5.91 Å². The maximum absolute atomic E-state index is 13.9. The molecule has 138 valence electrons. The minimum absolute atomic E-state index is 0.162. The second kappa shape index (κ2) is 8.57. The molecule has 0 spiro atoms. The highest BCUT2D eigenvalue weighted by Gasteiger charge is 2.17. The second-order valence-electron chi connectivity index (χ2n) is 6.00. The van der Waals surface area contributed by atoms with Crippen LogP contribution in [-0.4, -0.2) is 41.8 Å². The summed E-state index contributed by atoms with van der Waals surface area (Å²) >= 11 is 0. The van der Waals surface area contributed by atoms with E-state index < -0.39 is 5.82 Å². The number of nitrogens with one attached hydrogen (secondary N) is 3. The van der Waals surface area contributed by atoms with Gasteiger partial charge in [0.2, 0.25) is 0 Å². The molecule has 3 rings (SSSR count). The number of nitrogens with zero attached hydrogens (tertiary/aromatic N) is 2. The summed E-state index contributed by atoms with van der Waals surface area (Å²) in [6.07, 6.45) is 1.81. The fourth-order valence-electron chi connectivity index (χ4n) is 2.74. The third-order valence-corrected chi connectivity index (χ3v) is 4.08. The predicted molar refractivity (Wildman–Crippen MR) is 96.2 cm³/mol. The smallest absolute Gasteiger partial charge is 0.272 e. The van der Waals surface area contributed by atoms with Gasteiger partial charge >= 0.3 is 0 Å². The molecular weight excluding hydrogens is 337 g/mol. The molecule has 0 unspecified atom stereocenters. The normalized spacial score (nSPS) is 14.7. The molecule has 2 aromatic rings. The molecule has 0 atom stereocenters. The van der Waals surface area contributed by atoms with Crippen molar-refractivity contribution < 1.29 is 13.9 Å². The minimum atomic E-state index is -0.456. The van der Waals surface area contributed by atoms with Gasteiger partial charge in [-0.2, -0.15) is 0 Å². The molecule has 1 aliphatic rings. The van der Waals surface area contributed by atoms with E-state index in [2.05, 4.69) is 26.1 Å². The average Bonchev–Trinajstić information content (AvgIpc) is 2.65. The van der Waals surface area contributed by atoms with E-state index in [1.807, 2.05) is 0 Å².